The molecule has 0 bridgehead atoms. The summed E-state index contributed by atoms with van der Waals surface area (Å²) < 4.78 is 9.97. The van der Waals surface area contributed by atoms with Crippen molar-refractivity contribution in [3.8, 4) is 11.5 Å². The van der Waals surface area contributed by atoms with Crippen LogP contribution in [0, 0.1) is 0 Å². The van der Waals surface area contributed by atoms with Gasteiger partial charge in [0, 0.05) is 5.56 Å². The fourth-order valence-corrected chi connectivity index (χ4v) is 1.50. The minimum Gasteiger partial charge on any atom is -0.363 e. The molecule has 1 amide bonds. The van der Waals surface area contributed by atoms with E-state index in [0.29, 0.717) is 18.3 Å². The van der Waals surface area contributed by atoms with Gasteiger partial charge >= 0.3 is 0 Å². The van der Waals surface area contributed by atoms with Crippen molar-refractivity contribution >= 4 is 5.91 Å². The summed E-state index contributed by atoms with van der Waals surface area (Å²) in [5.41, 5.74) is 0.855. The Morgan fingerprint density at radius 1 is 1.39 bits per heavy atom. The van der Waals surface area contributed by atoms with Crippen molar-refractivity contribution in [1.29, 1.82) is 0 Å². The molecule has 3 rings (SSSR count). The minimum atomic E-state index is -0.300. The van der Waals surface area contributed by atoms with Crippen molar-refractivity contribution < 1.29 is 14.1 Å². The average Bonchev–Trinajstić information content (AvgIpc) is 3.16. The van der Waals surface area contributed by atoms with Gasteiger partial charge in [0.2, 0.25) is 0 Å². The van der Waals surface area contributed by atoms with E-state index in [1.54, 1.807) is 0 Å². The van der Waals surface area contributed by atoms with Crippen molar-refractivity contribution in [1.82, 2.24) is 15.5 Å². The van der Waals surface area contributed by atoms with E-state index in [2.05, 4.69) is 15.5 Å². The second-order valence-electron chi connectivity index (χ2n) is 3.92. The van der Waals surface area contributed by atoms with Gasteiger partial charge in [-0.25, -0.2) is 0 Å². The first kappa shape index (κ1) is 10.9. The lowest BCUT2D eigenvalue weighted by atomic mass is 10.2. The van der Waals surface area contributed by atoms with E-state index in [1.807, 2.05) is 30.3 Å². The monoisotopic (exact) mass is 245 g/mol. The zero-order chi connectivity index (χ0) is 12.4. The fraction of sp³-hybridized carbons (Fsp3) is 0.250. The maximum absolute atomic E-state index is 11.3. The van der Waals surface area contributed by atoms with Gasteiger partial charge in [-0.2, -0.15) is 4.98 Å². The number of rotatable bonds is 4. The molecule has 1 unspecified atom stereocenters. The van der Waals surface area contributed by atoms with E-state index >= 15 is 0 Å². The molecule has 1 aromatic carbocycles. The Labute approximate surface area is 103 Å². The Morgan fingerprint density at radius 3 is 2.89 bits per heavy atom. The maximum atomic E-state index is 11.3. The van der Waals surface area contributed by atoms with Crippen LogP contribution in [-0.2, 0) is 16.1 Å². The van der Waals surface area contributed by atoms with Crippen LogP contribution >= 0.6 is 0 Å². The molecule has 1 aliphatic heterocycles. The Hall–Kier alpha value is -2.21. The molecule has 1 aromatic heterocycles. The highest BCUT2D eigenvalue weighted by atomic mass is 16.6. The molecule has 0 spiro atoms. The second-order valence-corrected chi connectivity index (χ2v) is 3.92. The van der Waals surface area contributed by atoms with Gasteiger partial charge < -0.3 is 14.6 Å². The van der Waals surface area contributed by atoms with Gasteiger partial charge in [0.1, 0.15) is 0 Å². The first-order valence-corrected chi connectivity index (χ1v) is 5.60. The van der Waals surface area contributed by atoms with Crippen LogP contribution in [0.15, 0.2) is 34.9 Å². The molecule has 1 aliphatic rings. The van der Waals surface area contributed by atoms with Gasteiger partial charge in [-0.3, -0.25) is 4.79 Å². The van der Waals surface area contributed by atoms with Crippen molar-refractivity contribution in [3.05, 3.63) is 36.2 Å². The summed E-state index contributed by atoms with van der Waals surface area (Å²) in [5.74, 6) is 0.756. The highest BCUT2D eigenvalue weighted by molar-refractivity contribution is 5.82. The van der Waals surface area contributed by atoms with Gasteiger partial charge in [0.25, 0.3) is 11.8 Å². The van der Waals surface area contributed by atoms with Gasteiger partial charge in [0.05, 0.1) is 13.2 Å². The Morgan fingerprint density at radius 2 is 2.17 bits per heavy atom. The Kier molecular flexibility index (Phi) is 2.77. The largest absolute Gasteiger partial charge is 0.363 e. The number of ether oxygens (including phenoxy) is 1. The SMILES string of the molecule is O=C(NCc1noc(-c2ccccc2)n1)C1CO1. The van der Waals surface area contributed by atoms with Crippen LogP contribution < -0.4 is 5.32 Å². The summed E-state index contributed by atoms with van der Waals surface area (Å²) in [6.45, 7) is 0.738. The number of hydrogen-bond donors (Lipinski definition) is 1. The highest BCUT2D eigenvalue weighted by Gasteiger charge is 2.31. The van der Waals surface area contributed by atoms with E-state index in [0.717, 1.165) is 5.56 Å². The van der Waals surface area contributed by atoms with Crippen molar-refractivity contribution in [2.75, 3.05) is 6.61 Å². The average molecular weight is 245 g/mol. The molecular formula is C12H11N3O3. The summed E-state index contributed by atoms with van der Waals surface area (Å²) in [4.78, 5) is 15.5. The zero-order valence-corrected chi connectivity index (χ0v) is 9.50. The molecular weight excluding hydrogens is 234 g/mol. The highest BCUT2D eigenvalue weighted by Crippen LogP contribution is 2.16. The smallest absolute Gasteiger partial charge is 0.257 e. The number of carbonyl (C=O) groups excluding carboxylic acids is 1. The van der Waals surface area contributed by atoms with Crippen molar-refractivity contribution in [2.45, 2.75) is 12.6 Å². The molecule has 92 valence electrons. The Balaban J connectivity index is 1.64. The molecule has 1 N–H and O–H groups in total. The van der Waals surface area contributed by atoms with Gasteiger partial charge in [-0.1, -0.05) is 23.4 Å². The maximum Gasteiger partial charge on any atom is 0.257 e. The predicted molar refractivity (Wildman–Crippen MR) is 61.3 cm³/mol. The molecule has 6 nitrogen and oxygen atoms in total. The van der Waals surface area contributed by atoms with Crippen LogP contribution in [-0.4, -0.2) is 28.8 Å². The molecule has 18 heavy (non-hydrogen) atoms. The van der Waals surface area contributed by atoms with E-state index in [1.165, 1.54) is 0 Å². The van der Waals surface area contributed by atoms with Crippen LogP contribution in [0.5, 0.6) is 0 Å². The third kappa shape index (κ3) is 2.38. The quantitative estimate of drug-likeness (QED) is 0.804. The third-order valence-corrected chi connectivity index (χ3v) is 2.54. The number of amides is 1. The van der Waals surface area contributed by atoms with E-state index in [-0.39, 0.29) is 18.6 Å². The number of nitrogens with zero attached hydrogens (tertiary/aromatic N) is 2. The molecule has 0 aliphatic carbocycles. The topological polar surface area (TPSA) is 80.6 Å². The van der Waals surface area contributed by atoms with Crippen molar-refractivity contribution in [2.24, 2.45) is 0 Å². The van der Waals surface area contributed by atoms with Gasteiger partial charge in [-0.15, -0.1) is 0 Å². The molecule has 6 heteroatoms. The first-order chi connectivity index (χ1) is 8.83. The van der Waals surface area contributed by atoms with Gasteiger partial charge in [0.15, 0.2) is 11.9 Å². The second kappa shape index (κ2) is 4.58. The standard InChI is InChI=1S/C12H11N3O3/c16-11(9-7-17-9)13-6-10-14-12(18-15-10)8-4-2-1-3-5-8/h1-5,9H,6-7H2,(H,13,16). The summed E-state index contributed by atoms with van der Waals surface area (Å²) in [5, 5.41) is 6.48. The van der Waals surface area contributed by atoms with Crippen LogP contribution in [0.2, 0.25) is 0 Å². The molecule has 0 saturated carbocycles. The van der Waals surface area contributed by atoms with Gasteiger partial charge in [-0.05, 0) is 12.1 Å². The van der Waals surface area contributed by atoms with Crippen molar-refractivity contribution in [3.63, 3.8) is 0 Å². The Bertz CT molecular complexity index is 549. The lowest BCUT2D eigenvalue weighted by Crippen LogP contribution is -2.27. The number of carbonyl (C=O) groups is 1. The lowest BCUT2D eigenvalue weighted by molar-refractivity contribution is -0.122. The first-order valence-electron chi connectivity index (χ1n) is 5.60. The predicted octanol–water partition coefficient (Wildman–Crippen LogP) is 0.752. The summed E-state index contributed by atoms with van der Waals surface area (Å²) in [6.07, 6.45) is -0.300. The van der Waals surface area contributed by atoms with Crippen LogP contribution in [0.3, 0.4) is 0 Å². The lowest BCUT2D eigenvalue weighted by Gasteiger charge is -1.97. The molecule has 1 saturated heterocycles. The zero-order valence-electron chi connectivity index (χ0n) is 9.50. The molecule has 1 fully saturated rings. The van der Waals surface area contributed by atoms with E-state index in [4.69, 9.17) is 9.26 Å². The van der Waals surface area contributed by atoms with Crippen LogP contribution in [0.25, 0.3) is 11.5 Å². The minimum absolute atomic E-state index is 0.138. The number of benzene rings is 1. The number of epoxide rings is 1. The fourth-order valence-electron chi connectivity index (χ4n) is 1.50. The number of hydrogen-bond acceptors (Lipinski definition) is 5. The van der Waals surface area contributed by atoms with Crippen LogP contribution in [0.1, 0.15) is 5.82 Å². The molecule has 2 heterocycles. The summed E-state index contributed by atoms with van der Waals surface area (Å²) >= 11 is 0. The summed E-state index contributed by atoms with van der Waals surface area (Å²) in [6, 6.07) is 9.47. The number of aromatic nitrogens is 2. The normalized spacial score (nSPS) is 17.4. The van der Waals surface area contributed by atoms with Crippen LogP contribution in [0.4, 0.5) is 0 Å². The molecule has 2 aromatic rings. The summed E-state index contributed by atoms with van der Waals surface area (Å²) in [7, 11) is 0. The number of nitrogens with one attached hydrogen (secondary N) is 1. The third-order valence-electron chi connectivity index (χ3n) is 2.54. The molecule has 1 atom stereocenters. The van der Waals surface area contributed by atoms with E-state index in [9.17, 15) is 4.79 Å². The van der Waals surface area contributed by atoms with E-state index < -0.39 is 0 Å². The molecule has 0 radical (unpaired) electrons.